The predicted molar refractivity (Wildman–Crippen MR) is 103 cm³/mol. The Balaban J connectivity index is 1.42. The molecule has 1 aromatic heterocycles. The summed E-state index contributed by atoms with van der Waals surface area (Å²) in [5.41, 5.74) is 3.03. The summed E-state index contributed by atoms with van der Waals surface area (Å²) in [6.07, 6.45) is 2.00. The molecule has 5 nitrogen and oxygen atoms in total. The number of hydrogen-bond acceptors (Lipinski definition) is 5. The van der Waals surface area contributed by atoms with E-state index in [1.165, 1.54) is 17.3 Å². The van der Waals surface area contributed by atoms with Gasteiger partial charge in [0.2, 0.25) is 11.1 Å². The summed E-state index contributed by atoms with van der Waals surface area (Å²) in [5.74, 6) is 0.744. The fourth-order valence-electron chi connectivity index (χ4n) is 2.98. The molecule has 3 aromatic rings. The zero-order chi connectivity index (χ0) is 17.9. The zero-order valence-electron chi connectivity index (χ0n) is 13.9. The summed E-state index contributed by atoms with van der Waals surface area (Å²) in [6, 6.07) is 15.2. The topological polar surface area (TPSA) is 59.2 Å². The molecule has 7 heteroatoms. The van der Waals surface area contributed by atoms with E-state index in [4.69, 9.17) is 16.1 Å². The first-order valence-electron chi connectivity index (χ1n) is 8.31. The predicted octanol–water partition coefficient (Wildman–Crippen LogP) is 4.46. The Morgan fingerprint density at radius 3 is 2.85 bits per heavy atom. The van der Waals surface area contributed by atoms with Crippen molar-refractivity contribution in [1.82, 2.24) is 10.1 Å². The number of carbonyl (C=O) groups excluding carboxylic acids is 1. The third-order valence-electron chi connectivity index (χ3n) is 4.23. The Kier molecular flexibility index (Phi) is 4.95. The van der Waals surface area contributed by atoms with Crippen LogP contribution in [0.5, 0.6) is 0 Å². The molecule has 2 heterocycles. The van der Waals surface area contributed by atoms with Crippen molar-refractivity contribution in [2.45, 2.75) is 18.0 Å². The first-order chi connectivity index (χ1) is 12.7. The second kappa shape index (κ2) is 7.51. The molecular formula is C19H16ClN3O2S. The number of amides is 1. The van der Waals surface area contributed by atoms with Crippen LogP contribution >= 0.6 is 23.4 Å². The summed E-state index contributed by atoms with van der Waals surface area (Å²) in [4.78, 5) is 18.8. The van der Waals surface area contributed by atoms with Gasteiger partial charge in [0.05, 0.1) is 5.75 Å². The third kappa shape index (κ3) is 3.61. The molecule has 0 radical (unpaired) electrons. The van der Waals surface area contributed by atoms with Crippen LogP contribution in [-0.2, 0) is 11.2 Å². The highest BCUT2D eigenvalue weighted by Crippen LogP contribution is 2.28. The number of para-hydroxylation sites is 1. The van der Waals surface area contributed by atoms with Gasteiger partial charge < -0.3 is 9.42 Å². The Morgan fingerprint density at radius 2 is 2.00 bits per heavy atom. The molecule has 0 unspecified atom stereocenters. The number of rotatable bonds is 4. The maximum Gasteiger partial charge on any atom is 0.258 e. The van der Waals surface area contributed by atoms with Crippen LogP contribution in [-0.4, -0.2) is 28.3 Å². The lowest BCUT2D eigenvalue weighted by Crippen LogP contribution is -2.36. The smallest absolute Gasteiger partial charge is 0.258 e. The maximum absolute atomic E-state index is 12.7. The fourth-order valence-corrected chi connectivity index (χ4v) is 3.75. The number of aryl methyl sites for hydroxylation is 1. The van der Waals surface area contributed by atoms with Crippen molar-refractivity contribution in [3.63, 3.8) is 0 Å². The van der Waals surface area contributed by atoms with Gasteiger partial charge in [0.15, 0.2) is 0 Å². The molecule has 0 aliphatic carbocycles. The minimum Gasteiger partial charge on any atom is -0.333 e. The van der Waals surface area contributed by atoms with Crippen LogP contribution in [0.1, 0.15) is 12.0 Å². The highest BCUT2D eigenvalue weighted by Gasteiger charge is 2.22. The summed E-state index contributed by atoms with van der Waals surface area (Å²) < 4.78 is 5.27. The minimum atomic E-state index is 0.0555. The van der Waals surface area contributed by atoms with Crippen molar-refractivity contribution in [3.05, 3.63) is 59.1 Å². The van der Waals surface area contributed by atoms with Crippen LogP contribution in [0.2, 0.25) is 5.02 Å². The van der Waals surface area contributed by atoms with Crippen LogP contribution in [0.15, 0.2) is 58.2 Å². The standard InChI is InChI=1S/C19H16ClN3O2S/c20-15-9-7-14(8-10-15)18-21-19(22-25-18)26-12-17(24)23-11-3-5-13-4-1-2-6-16(13)23/h1-2,4,6-10H,3,5,11-12H2. The number of hydrogen-bond donors (Lipinski definition) is 0. The number of anilines is 1. The SMILES string of the molecule is O=C(CSc1noc(-c2ccc(Cl)cc2)n1)N1CCCc2ccccc21. The molecule has 0 atom stereocenters. The summed E-state index contributed by atoms with van der Waals surface area (Å²) >= 11 is 7.17. The number of benzene rings is 2. The van der Waals surface area contributed by atoms with E-state index < -0.39 is 0 Å². The normalized spacial score (nSPS) is 13.5. The van der Waals surface area contributed by atoms with E-state index >= 15 is 0 Å². The molecule has 1 amide bonds. The van der Waals surface area contributed by atoms with Gasteiger partial charge in [-0.05, 0) is 53.9 Å². The van der Waals surface area contributed by atoms with Gasteiger partial charge in [0.25, 0.3) is 5.89 Å². The lowest BCUT2D eigenvalue weighted by Gasteiger charge is -2.29. The Morgan fingerprint density at radius 1 is 1.19 bits per heavy atom. The van der Waals surface area contributed by atoms with Gasteiger partial charge in [-0.25, -0.2) is 0 Å². The fraction of sp³-hybridized carbons (Fsp3) is 0.211. The number of carbonyl (C=O) groups is 1. The van der Waals surface area contributed by atoms with E-state index in [0.29, 0.717) is 16.1 Å². The largest absolute Gasteiger partial charge is 0.333 e. The lowest BCUT2D eigenvalue weighted by molar-refractivity contribution is -0.116. The molecule has 1 aliphatic heterocycles. The average Bonchev–Trinajstić information content (AvgIpc) is 3.15. The number of halogens is 1. The highest BCUT2D eigenvalue weighted by atomic mass is 35.5. The lowest BCUT2D eigenvalue weighted by atomic mass is 10.0. The molecule has 0 bridgehead atoms. The van der Waals surface area contributed by atoms with Gasteiger partial charge >= 0.3 is 0 Å². The zero-order valence-corrected chi connectivity index (χ0v) is 15.5. The van der Waals surface area contributed by atoms with Crippen molar-refractivity contribution >= 4 is 35.0 Å². The molecule has 0 saturated carbocycles. The Hall–Kier alpha value is -2.31. The van der Waals surface area contributed by atoms with Crippen LogP contribution in [0.3, 0.4) is 0 Å². The number of fused-ring (bicyclic) bond motifs is 1. The first kappa shape index (κ1) is 17.1. The quantitative estimate of drug-likeness (QED) is 0.620. The molecule has 0 fully saturated rings. The molecule has 4 rings (SSSR count). The molecular weight excluding hydrogens is 370 g/mol. The molecule has 1 aliphatic rings. The van der Waals surface area contributed by atoms with E-state index in [1.807, 2.05) is 35.2 Å². The van der Waals surface area contributed by atoms with Crippen molar-refractivity contribution in [2.75, 3.05) is 17.2 Å². The summed E-state index contributed by atoms with van der Waals surface area (Å²) in [6.45, 7) is 0.749. The van der Waals surface area contributed by atoms with E-state index in [2.05, 4.69) is 16.2 Å². The molecule has 0 saturated heterocycles. The first-order valence-corrected chi connectivity index (χ1v) is 9.68. The van der Waals surface area contributed by atoms with Crippen molar-refractivity contribution in [2.24, 2.45) is 0 Å². The van der Waals surface area contributed by atoms with Gasteiger partial charge in [-0.15, -0.1) is 0 Å². The van der Waals surface area contributed by atoms with Crippen molar-refractivity contribution in [3.8, 4) is 11.5 Å². The van der Waals surface area contributed by atoms with Gasteiger partial charge in [-0.2, -0.15) is 4.98 Å². The molecule has 0 N–H and O–H groups in total. The molecule has 0 spiro atoms. The van der Waals surface area contributed by atoms with Gasteiger partial charge in [0, 0.05) is 22.8 Å². The maximum atomic E-state index is 12.7. The molecule has 26 heavy (non-hydrogen) atoms. The van der Waals surface area contributed by atoms with Gasteiger partial charge in [0.1, 0.15) is 0 Å². The van der Waals surface area contributed by atoms with E-state index in [-0.39, 0.29) is 11.7 Å². The Labute approximate surface area is 160 Å². The van der Waals surface area contributed by atoms with E-state index in [1.54, 1.807) is 12.1 Å². The monoisotopic (exact) mass is 385 g/mol. The minimum absolute atomic E-state index is 0.0555. The van der Waals surface area contributed by atoms with Crippen LogP contribution in [0.25, 0.3) is 11.5 Å². The number of aromatic nitrogens is 2. The average molecular weight is 386 g/mol. The van der Waals surface area contributed by atoms with Gasteiger partial charge in [-0.1, -0.05) is 41.6 Å². The summed E-state index contributed by atoms with van der Waals surface area (Å²) in [5, 5.41) is 5.05. The molecule has 132 valence electrons. The van der Waals surface area contributed by atoms with Gasteiger partial charge in [-0.3, -0.25) is 4.79 Å². The highest BCUT2D eigenvalue weighted by molar-refractivity contribution is 7.99. The van der Waals surface area contributed by atoms with Crippen LogP contribution in [0, 0.1) is 0 Å². The second-order valence-corrected chi connectivity index (χ2v) is 7.33. The second-order valence-electron chi connectivity index (χ2n) is 5.96. The van der Waals surface area contributed by atoms with Crippen molar-refractivity contribution in [1.29, 1.82) is 0 Å². The number of thioether (sulfide) groups is 1. The number of nitrogens with zero attached hydrogens (tertiary/aromatic N) is 3. The van der Waals surface area contributed by atoms with E-state index in [9.17, 15) is 4.79 Å². The van der Waals surface area contributed by atoms with Crippen molar-refractivity contribution < 1.29 is 9.32 Å². The van der Waals surface area contributed by atoms with Crippen LogP contribution in [0.4, 0.5) is 5.69 Å². The van der Waals surface area contributed by atoms with E-state index in [0.717, 1.165) is 30.6 Å². The molecule has 2 aromatic carbocycles. The Bertz CT molecular complexity index is 927. The third-order valence-corrected chi connectivity index (χ3v) is 5.30. The summed E-state index contributed by atoms with van der Waals surface area (Å²) in [7, 11) is 0. The van der Waals surface area contributed by atoms with Crippen LogP contribution < -0.4 is 4.90 Å².